The molecule has 10 heteroatoms. The summed E-state index contributed by atoms with van der Waals surface area (Å²) < 4.78 is 103. The average Bonchev–Trinajstić information content (AvgIpc) is 2.54. The van der Waals surface area contributed by atoms with Crippen molar-refractivity contribution in [2.75, 3.05) is 12.4 Å². The molecule has 0 aliphatic heterocycles. The van der Waals surface area contributed by atoms with Crippen LogP contribution in [0.4, 0.5) is 35.1 Å². The number of halogens is 8. The number of hydrogen-bond donors (Lipinski definition) is 0. The van der Waals surface area contributed by atoms with Crippen LogP contribution in [0, 0.1) is 0 Å². The van der Waals surface area contributed by atoms with E-state index in [4.69, 9.17) is 0 Å². The highest BCUT2D eigenvalue weighted by atomic mass is 32.2. The van der Waals surface area contributed by atoms with Crippen LogP contribution in [-0.4, -0.2) is 41.5 Å². The SMILES string of the molecule is O=C(SCCC(F)(F)C(F)(F)C(F)C(F)(F)CF)c1ccccc1. The lowest BCUT2D eigenvalue weighted by molar-refractivity contribution is -0.279. The quantitative estimate of drug-likeness (QED) is 0.580. The maximum Gasteiger partial charge on any atom is 0.346 e. The maximum absolute atomic E-state index is 13.4. The molecule has 0 bridgehead atoms. The summed E-state index contributed by atoms with van der Waals surface area (Å²) in [6, 6.07) is 7.29. The topological polar surface area (TPSA) is 17.1 Å². The van der Waals surface area contributed by atoms with Crippen molar-refractivity contribution in [1.82, 2.24) is 0 Å². The van der Waals surface area contributed by atoms with Crippen LogP contribution in [0.25, 0.3) is 0 Å². The molecule has 1 aromatic rings. The Kier molecular flexibility index (Phi) is 6.66. The van der Waals surface area contributed by atoms with Gasteiger partial charge in [-0.3, -0.25) is 4.79 Å². The number of alkyl halides is 8. The summed E-state index contributed by atoms with van der Waals surface area (Å²) in [4.78, 5) is 11.6. The molecule has 0 N–H and O–H groups in total. The van der Waals surface area contributed by atoms with Gasteiger partial charge in [-0.05, 0) is 0 Å². The van der Waals surface area contributed by atoms with Crippen LogP contribution in [0.2, 0.25) is 0 Å². The molecule has 1 rings (SSSR count). The molecule has 0 fully saturated rings. The van der Waals surface area contributed by atoms with Gasteiger partial charge in [-0.25, -0.2) is 17.6 Å². The monoisotopic (exact) mass is 380 g/mol. The van der Waals surface area contributed by atoms with Gasteiger partial charge in [0.05, 0.1) is 0 Å². The number of thioether (sulfide) groups is 1. The molecule has 0 heterocycles. The lowest BCUT2D eigenvalue weighted by Gasteiger charge is -2.31. The third-order valence-electron chi connectivity index (χ3n) is 3.01. The van der Waals surface area contributed by atoms with Crippen LogP contribution in [0.1, 0.15) is 16.8 Å². The third kappa shape index (κ3) is 4.61. The van der Waals surface area contributed by atoms with E-state index < -0.39 is 47.9 Å². The second-order valence-electron chi connectivity index (χ2n) is 4.84. The molecule has 0 saturated carbocycles. The van der Waals surface area contributed by atoms with Gasteiger partial charge in [0.25, 0.3) is 0 Å². The van der Waals surface area contributed by atoms with Gasteiger partial charge in [-0.1, -0.05) is 42.1 Å². The Morgan fingerprint density at radius 3 is 2.08 bits per heavy atom. The Morgan fingerprint density at radius 2 is 1.58 bits per heavy atom. The molecule has 136 valence electrons. The van der Waals surface area contributed by atoms with Gasteiger partial charge in [0.15, 0.2) is 6.67 Å². The molecule has 24 heavy (non-hydrogen) atoms. The minimum atomic E-state index is -5.78. The van der Waals surface area contributed by atoms with Crippen molar-refractivity contribution in [2.24, 2.45) is 0 Å². The van der Waals surface area contributed by atoms with Gasteiger partial charge in [-0.15, -0.1) is 0 Å². The summed E-state index contributed by atoms with van der Waals surface area (Å²) in [5.41, 5.74) is 0.130. The van der Waals surface area contributed by atoms with Crippen molar-refractivity contribution >= 4 is 16.9 Å². The van der Waals surface area contributed by atoms with E-state index >= 15 is 0 Å². The van der Waals surface area contributed by atoms with Crippen molar-refractivity contribution in [3.63, 3.8) is 0 Å². The van der Waals surface area contributed by atoms with E-state index in [0.717, 1.165) is 0 Å². The first-order valence-electron chi connectivity index (χ1n) is 6.51. The van der Waals surface area contributed by atoms with Crippen molar-refractivity contribution in [1.29, 1.82) is 0 Å². The molecule has 1 nitrogen and oxygen atoms in total. The van der Waals surface area contributed by atoms with E-state index in [1.807, 2.05) is 0 Å². The maximum atomic E-state index is 13.4. The van der Waals surface area contributed by atoms with E-state index in [9.17, 15) is 39.9 Å². The van der Waals surface area contributed by atoms with Gasteiger partial charge in [0.2, 0.25) is 11.3 Å². The Labute approximate surface area is 136 Å². The fraction of sp³-hybridized carbons (Fsp3) is 0.500. The third-order valence-corrected chi connectivity index (χ3v) is 3.92. The van der Waals surface area contributed by atoms with E-state index in [-0.39, 0.29) is 17.3 Å². The average molecular weight is 380 g/mol. The molecule has 1 unspecified atom stereocenters. The first-order valence-corrected chi connectivity index (χ1v) is 7.50. The zero-order valence-corrected chi connectivity index (χ0v) is 12.7. The summed E-state index contributed by atoms with van der Waals surface area (Å²) >= 11 is 0.261. The summed E-state index contributed by atoms with van der Waals surface area (Å²) in [5, 5.41) is -0.694. The minimum Gasteiger partial charge on any atom is -0.282 e. The van der Waals surface area contributed by atoms with Crippen molar-refractivity contribution in [3.05, 3.63) is 35.9 Å². The van der Waals surface area contributed by atoms with E-state index in [1.165, 1.54) is 24.3 Å². The summed E-state index contributed by atoms with van der Waals surface area (Å²) in [6.45, 7) is -2.83. The van der Waals surface area contributed by atoms with Crippen LogP contribution in [0.3, 0.4) is 0 Å². The van der Waals surface area contributed by atoms with E-state index in [2.05, 4.69) is 0 Å². The molecular weight excluding hydrogens is 368 g/mol. The number of carbonyl (C=O) groups excluding carboxylic acids is 1. The van der Waals surface area contributed by atoms with E-state index in [0.29, 0.717) is 0 Å². The first-order chi connectivity index (χ1) is 11.0. The van der Waals surface area contributed by atoms with Crippen LogP contribution < -0.4 is 0 Å². The molecule has 0 aliphatic rings. The van der Waals surface area contributed by atoms with Gasteiger partial charge in [0, 0.05) is 17.7 Å². The van der Waals surface area contributed by atoms with Crippen molar-refractivity contribution in [3.8, 4) is 0 Å². The van der Waals surface area contributed by atoms with Crippen molar-refractivity contribution < 1.29 is 39.9 Å². The molecular formula is C14H12F8OS. The van der Waals surface area contributed by atoms with Crippen LogP contribution >= 0.6 is 11.8 Å². The Balaban J connectivity index is 2.70. The largest absolute Gasteiger partial charge is 0.346 e. The normalized spacial score (nSPS) is 14.5. The summed E-state index contributed by atoms with van der Waals surface area (Å²) in [6.07, 6.45) is -6.41. The van der Waals surface area contributed by atoms with E-state index in [1.54, 1.807) is 6.07 Å². The Bertz CT molecular complexity index is 549. The number of rotatable bonds is 8. The Hall–Kier alpha value is -1.32. The zero-order valence-electron chi connectivity index (χ0n) is 11.9. The lowest BCUT2D eigenvalue weighted by Crippen LogP contribution is -2.55. The molecule has 0 amide bonds. The van der Waals surface area contributed by atoms with Crippen molar-refractivity contribution in [2.45, 2.75) is 30.4 Å². The molecule has 1 atom stereocenters. The molecule has 0 saturated heterocycles. The fourth-order valence-electron chi connectivity index (χ4n) is 1.61. The second-order valence-corrected chi connectivity index (χ2v) is 5.90. The number of hydrogen-bond acceptors (Lipinski definition) is 2. The lowest BCUT2D eigenvalue weighted by atomic mass is 10.00. The highest BCUT2D eigenvalue weighted by Crippen LogP contribution is 2.46. The first kappa shape index (κ1) is 20.7. The number of benzene rings is 1. The summed E-state index contributed by atoms with van der Waals surface area (Å²) in [7, 11) is 0. The highest BCUT2D eigenvalue weighted by molar-refractivity contribution is 8.14. The standard InChI is InChI=1S/C14H12F8OS/c15-8-12(17,18)11(16)14(21,22)13(19,20)6-7-24-10(23)9-4-2-1-3-5-9/h1-5,11H,6-8H2. The van der Waals surface area contributed by atoms with Gasteiger partial charge in [0.1, 0.15) is 0 Å². The van der Waals surface area contributed by atoms with Gasteiger partial charge in [-0.2, -0.15) is 17.6 Å². The summed E-state index contributed by atoms with van der Waals surface area (Å²) in [5.74, 6) is -17.0. The molecule has 0 aromatic heterocycles. The fourth-order valence-corrected chi connectivity index (χ4v) is 2.46. The molecule has 0 radical (unpaired) electrons. The van der Waals surface area contributed by atoms with Crippen LogP contribution in [0.5, 0.6) is 0 Å². The predicted octanol–water partition coefficient (Wildman–Crippen LogP) is 5.16. The smallest absolute Gasteiger partial charge is 0.282 e. The minimum absolute atomic E-state index is 0.130. The predicted molar refractivity (Wildman–Crippen MR) is 73.6 cm³/mol. The van der Waals surface area contributed by atoms with Gasteiger partial charge >= 0.3 is 17.8 Å². The van der Waals surface area contributed by atoms with Crippen LogP contribution in [0.15, 0.2) is 30.3 Å². The van der Waals surface area contributed by atoms with Crippen LogP contribution in [-0.2, 0) is 0 Å². The number of carbonyl (C=O) groups is 1. The molecule has 0 spiro atoms. The molecule has 0 aliphatic carbocycles. The Morgan fingerprint density at radius 1 is 1.04 bits per heavy atom. The second kappa shape index (κ2) is 7.71. The molecule has 1 aromatic carbocycles. The highest BCUT2D eigenvalue weighted by Gasteiger charge is 2.68. The zero-order chi connectivity index (χ0) is 18.6. The van der Waals surface area contributed by atoms with Gasteiger partial charge < -0.3 is 0 Å².